The number of ketones is 1. The zero-order chi connectivity index (χ0) is 19.4. The van der Waals surface area contributed by atoms with Crippen LogP contribution in [0.4, 0.5) is 5.69 Å². The zero-order valence-corrected chi connectivity index (χ0v) is 16.6. The van der Waals surface area contributed by atoms with Crippen LogP contribution in [0.15, 0.2) is 30.3 Å². The Labute approximate surface area is 156 Å². The molecule has 0 spiro atoms. The molecule has 0 saturated carbocycles. The van der Waals surface area contributed by atoms with Gasteiger partial charge in [-0.25, -0.2) is 0 Å². The molecule has 0 atom stereocenters. The monoisotopic (exact) mass is 355 g/mol. The first kappa shape index (κ1) is 19.9. The topological polar surface area (TPSA) is 54.3 Å². The number of hydrogen-bond donors (Lipinski definition) is 1. The number of benzene rings is 1. The molecule has 5 heteroatoms. The average molecular weight is 355 g/mol. The summed E-state index contributed by atoms with van der Waals surface area (Å²) in [5.74, 6) is -0.0903. The van der Waals surface area contributed by atoms with Gasteiger partial charge in [0, 0.05) is 28.7 Å². The second-order valence-corrected chi connectivity index (χ2v) is 7.26. The summed E-state index contributed by atoms with van der Waals surface area (Å²) in [5, 5.41) is 2.86. The van der Waals surface area contributed by atoms with Gasteiger partial charge in [-0.3, -0.25) is 14.5 Å². The normalized spacial score (nSPS) is 11.2. The molecule has 0 aliphatic carbocycles. The molecule has 0 bridgehead atoms. The fraction of sp³-hybridized carbons (Fsp3) is 0.429. The number of carbonyl (C=O) groups excluding carboxylic acids is 2. The second kappa shape index (κ2) is 8.32. The predicted molar refractivity (Wildman–Crippen MR) is 106 cm³/mol. The van der Waals surface area contributed by atoms with Gasteiger partial charge >= 0.3 is 0 Å². The summed E-state index contributed by atoms with van der Waals surface area (Å²) in [6, 6.07) is 9.91. The number of nitrogens with zero attached hydrogens (tertiary/aromatic N) is 2. The third kappa shape index (κ3) is 4.82. The quantitative estimate of drug-likeness (QED) is 0.770. The van der Waals surface area contributed by atoms with E-state index in [9.17, 15) is 9.59 Å². The molecule has 2 rings (SSSR count). The molecule has 0 saturated heterocycles. The van der Waals surface area contributed by atoms with Crippen molar-refractivity contribution >= 4 is 17.4 Å². The summed E-state index contributed by atoms with van der Waals surface area (Å²) in [5.41, 5.74) is 4.72. The molecule has 5 nitrogen and oxygen atoms in total. The standard InChI is InChI=1S/C21H29N3O2/c1-14(2)24-16(4)11-19(17(24)5)20(25)12-23(6)13-21(26)22-18-9-7-15(3)8-10-18/h7-11,14H,12-13H2,1-6H3,(H,22,26). The molecule has 0 aliphatic rings. The van der Waals surface area contributed by atoms with Crippen molar-refractivity contribution in [2.45, 2.75) is 40.7 Å². The number of Topliss-reactive ketones (excluding diaryl/α,β-unsaturated/α-hetero) is 1. The highest BCUT2D eigenvalue weighted by atomic mass is 16.2. The lowest BCUT2D eigenvalue weighted by molar-refractivity contribution is -0.116. The summed E-state index contributed by atoms with van der Waals surface area (Å²) in [6.07, 6.45) is 0. The van der Waals surface area contributed by atoms with Crippen molar-refractivity contribution in [3.05, 3.63) is 52.8 Å². The van der Waals surface area contributed by atoms with Crippen LogP contribution in [0, 0.1) is 20.8 Å². The summed E-state index contributed by atoms with van der Waals surface area (Å²) in [4.78, 5) is 26.6. The minimum Gasteiger partial charge on any atom is -0.346 e. The van der Waals surface area contributed by atoms with Crippen LogP contribution in [0.5, 0.6) is 0 Å². The van der Waals surface area contributed by atoms with E-state index in [1.165, 1.54) is 0 Å². The van der Waals surface area contributed by atoms with Gasteiger partial charge in [0.1, 0.15) is 0 Å². The zero-order valence-electron chi connectivity index (χ0n) is 16.6. The molecule has 0 radical (unpaired) electrons. The minimum atomic E-state index is -0.128. The van der Waals surface area contributed by atoms with Crippen LogP contribution in [0.2, 0.25) is 0 Å². The van der Waals surface area contributed by atoms with Gasteiger partial charge in [-0.05, 0) is 59.9 Å². The highest BCUT2D eigenvalue weighted by Crippen LogP contribution is 2.20. The lowest BCUT2D eigenvalue weighted by atomic mass is 10.1. The Hall–Kier alpha value is -2.40. The largest absolute Gasteiger partial charge is 0.346 e. The van der Waals surface area contributed by atoms with E-state index in [0.29, 0.717) is 6.04 Å². The molecule has 140 valence electrons. The van der Waals surface area contributed by atoms with Crippen LogP contribution in [0.25, 0.3) is 0 Å². The van der Waals surface area contributed by atoms with Crippen molar-refractivity contribution in [2.24, 2.45) is 0 Å². The average Bonchev–Trinajstić information content (AvgIpc) is 2.84. The molecule has 2 aromatic rings. The minimum absolute atomic E-state index is 0.0376. The van der Waals surface area contributed by atoms with Crippen LogP contribution >= 0.6 is 0 Å². The Morgan fingerprint density at radius 1 is 1.08 bits per heavy atom. The Kier molecular flexibility index (Phi) is 6.37. The van der Waals surface area contributed by atoms with Crippen LogP contribution in [0.3, 0.4) is 0 Å². The summed E-state index contributed by atoms with van der Waals surface area (Å²) in [7, 11) is 1.79. The Morgan fingerprint density at radius 3 is 2.23 bits per heavy atom. The van der Waals surface area contributed by atoms with Gasteiger partial charge in [0.2, 0.25) is 5.91 Å². The van der Waals surface area contributed by atoms with E-state index < -0.39 is 0 Å². The molecule has 0 unspecified atom stereocenters. The first-order valence-electron chi connectivity index (χ1n) is 8.95. The summed E-state index contributed by atoms with van der Waals surface area (Å²) < 4.78 is 2.16. The van der Waals surface area contributed by atoms with Crippen molar-refractivity contribution in [1.29, 1.82) is 0 Å². The number of carbonyl (C=O) groups is 2. The number of hydrogen-bond acceptors (Lipinski definition) is 3. The smallest absolute Gasteiger partial charge is 0.238 e. The van der Waals surface area contributed by atoms with Crippen LogP contribution in [-0.4, -0.2) is 41.3 Å². The molecule has 1 N–H and O–H groups in total. The van der Waals surface area contributed by atoms with Crippen molar-refractivity contribution in [1.82, 2.24) is 9.47 Å². The maximum absolute atomic E-state index is 12.7. The maximum atomic E-state index is 12.7. The number of aromatic nitrogens is 1. The molecule has 0 aliphatic heterocycles. The molecule has 1 amide bonds. The number of amides is 1. The molecular weight excluding hydrogens is 326 g/mol. The van der Waals surface area contributed by atoms with E-state index in [1.807, 2.05) is 51.1 Å². The van der Waals surface area contributed by atoms with Crippen LogP contribution in [0.1, 0.15) is 47.2 Å². The van der Waals surface area contributed by atoms with Crippen LogP contribution in [-0.2, 0) is 4.79 Å². The van der Waals surface area contributed by atoms with E-state index in [0.717, 1.165) is 28.2 Å². The number of likely N-dealkylation sites (N-methyl/N-ethyl adjacent to an activating group) is 1. The van der Waals surface area contributed by atoms with Gasteiger partial charge in [-0.2, -0.15) is 0 Å². The first-order chi connectivity index (χ1) is 12.2. The van der Waals surface area contributed by atoms with E-state index in [4.69, 9.17) is 0 Å². The first-order valence-corrected chi connectivity index (χ1v) is 8.95. The van der Waals surface area contributed by atoms with Gasteiger partial charge in [-0.15, -0.1) is 0 Å². The van der Waals surface area contributed by atoms with E-state index >= 15 is 0 Å². The van der Waals surface area contributed by atoms with Gasteiger partial charge in [-0.1, -0.05) is 17.7 Å². The van der Waals surface area contributed by atoms with Crippen molar-refractivity contribution < 1.29 is 9.59 Å². The van der Waals surface area contributed by atoms with Gasteiger partial charge < -0.3 is 9.88 Å². The summed E-state index contributed by atoms with van der Waals surface area (Å²) >= 11 is 0. The third-order valence-electron chi connectivity index (χ3n) is 4.46. The second-order valence-electron chi connectivity index (χ2n) is 7.26. The summed E-state index contributed by atoms with van der Waals surface area (Å²) in [6.45, 7) is 10.6. The van der Waals surface area contributed by atoms with E-state index in [-0.39, 0.29) is 24.8 Å². The van der Waals surface area contributed by atoms with Gasteiger partial charge in [0.15, 0.2) is 5.78 Å². The number of aryl methyl sites for hydroxylation is 2. The molecule has 0 fully saturated rings. The molecular formula is C21H29N3O2. The number of anilines is 1. The SMILES string of the molecule is Cc1ccc(NC(=O)CN(C)CC(=O)c2cc(C)n(C(C)C)c2C)cc1. The highest BCUT2D eigenvalue weighted by molar-refractivity contribution is 5.99. The lowest BCUT2D eigenvalue weighted by Crippen LogP contribution is -2.34. The van der Waals surface area contributed by atoms with Crippen molar-refractivity contribution in [3.63, 3.8) is 0 Å². The fourth-order valence-corrected chi connectivity index (χ4v) is 3.32. The van der Waals surface area contributed by atoms with Crippen LogP contribution < -0.4 is 5.32 Å². The molecule has 1 heterocycles. The lowest BCUT2D eigenvalue weighted by Gasteiger charge is -2.16. The predicted octanol–water partition coefficient (Wildman–Crippen LogP) is 3.75. The number of rotatable bonds is 7. The van der Waals surface area contributed by atoms with Crippen molar-refractivity contribution in [2.75, 3.05) is 25.5 Å². The number of nitrogens with one attached hydrogen (secondary N) is 1. The van der Waals surface area contributed by atoms with E-state index in [2.05, 4.69) is 23.7 Å². The van der Waals surface area contributed by atoms with E-state index in [1.54, 1.807) is 11.9 Å². The molecule has 1 aromatic carbocycles. The molecule has 26 heavy (non-hydrogen) atoms. The fourth-order valence-electron chi connectivity index (χ4n) is 3.32. The Morgan fingerprint density at radius 2 is 1.69 bits per heavy atom. The van der Waals surface area contributed by atoms with Gasteiger partial charge in [0.25, 0.3) is 0 Å². The maximum Gasteiger partial charge on any atom is 0.238 e. The van der Waals surface area contributed by atoms with Crippen molar-refractivity contribution in [3.8, 4) is 0 Å². The molecule has 1 aromatic heterocycles. The Bertz CT molecular complexity index is 788. The Balaban J connectivity index is 1.95. The third-order valence-corrected chi connectivity index (χ3v) is 4.46. The van der Waals surface area contributed by atoms with Gasteiger partial charge in [0.05, 0.1) is 13.1 Å². The highest BCUT2D eigenvalue weighted by Gasteiger charge is 2.19.